The molecule has 0 atom stereocenters. The number of rotatable bonds is 7. The van der Waals surface area contributed by atoms with E-state index in [1.165, 1.54) is 0 Å². The van der Waals surface area contributed by atoms with Crippen LogP contribution in [-0.2, 0) is 11.3 Å². The van der Waals surface area contributed by atoms with Gasteiger partial charge < -0.3 is 11.1 Å². The van der Waals surface area contributed by atoms with Crippen molar-refractivity contribution >= 4 is 17.2 Å². The monoisotopic (exact) mass is 338 g/mol. The summed E-state index contributed by atoms with van der Waals surface area (Å²) in [6.07, 6.45) is 3.61. The molecule has 5 nitrogen and oxygen atoms in total. The summed E-state index contributed by atoms with van der Waals surface area (Å²) in [5, 5.41) is 6.32. The topological polar surface area (TPSA) is 71.2 Å². The Hall–Kier alpha value is -0.980. The summed E-state index contributed by atoms with van der Waals surface area (Å²) in [4.78, 5) is 19.3. The van der Waals surface area contributed by atoms with Crippen molar-refractivity contribution in [3.05, 3.63) is 16.1 Å². The zero-order valence-electron chi connectivity index (χ0n) is 14.6. The van der Waals surface area contributed by atoms with Crippen LogP contribution in [0.2, 0.25) is 0 Å². The molecule has 0 bridgehead atoms. The van der Waals surface area contributed by atoms with Crippen molar-refractivity contribution in [3.63, 3.8) is 0 Å². The maximum Gasteiger partial charge on any atom is 0.223 e. The van der Waals surface area contributed by atoms with E-state index in [0.717, 1.165) is 56.0 Å². The van der Waals surface area contributed by atoms with Gasteiger partial charge in [-0.25, -0.2) is 4.98 Å². The molecule has 2 rings (SSSR count). The van der Waals surface area contributed by atoms with E-state index in [4.69, 9.17) is 5.73 Å². The van der Waals surface area contributed by atoms with Gasteiger partial charge in [-0.05, 0) is 45.7 Å². The number of amides is 1. The van der Waals surface area contributed by atoms with Gasteiger partial charge in [-0.2, -0.15) is 0 Å². The minimum atomic E-state index is -0.265. The van der Waals surface area contributed by atoms with Crippen molar-refractivity contribution < 1.29 is 4.79 Å². The fourth-order valence-electron chi connectivity index (χ4n) is 2.97. The average Bonchev–Trinajstić information content (AvgIpc) is 2.98. The molecule has 23 heavy (non-hydrogen) atoms. The van der Waals surface area contributed by atoms with Gasteiger partial charge in [0.15, 0.2) is 0 Å². The molecule has 130 valence electrons. The number of hydrogen-bond acceptors (Lipinski definition) is 5. The Kier molecular flexibility index (Phi) is 6.56. The average molecular weight is 339 g/mol. The Morgan fingerprint density at radius 3 is 2.61 bits per heavy atom. The molecule has 1 saturated heterocycles. The van der Waals surface area contributed by atoms with Gasteiger partial charge in [-0.3, -0.25) is 9.69 Å². The zero-order chi connectivity index (χ0) is 16.9. The van der Waals surface area contributed by atoms with Gasteiger partial charge in [0.2, 0.25) is 5.91 Å². The molecular formula is C17H30N4OS. The lowest BCUT2D eigenvalue weighted by Crippen LogP contribution is -2.51. The molecule has 0 radical (unpaired) electrons. The van der Waals surface area contributed by atoms with Gasteiger partial charge in [-0.1, -0.05) is 13.8 Å². The molecular weight excluding hydrogens is 308 g/mol. The van der Waals surface area contributed by atoms with Gasteiger partial charge in [0.1, 0.15) is 0 Å². The molecule has 0 aromatic carbocycles. The second-order valence-electron chi connectivity index (χ2n) is 6.70. The van der Waals surface area contributed by atoms with Crippen molar-refractivity contribution in [2.75, 3.05) is 19.6 Å². The summed E-state index contributed by atoms with van der Waals surface area (Å²) >= 11 is 1.70. The highest BCUT2D eigenvalue weighted by Crippen LogP contribution is 2.20. The van der Waals surface area contributed by atoms with Crippen molar-refractivity contribution in [2.24, 2.45) is 11.7 Å². The third kappa shape index (κ3) is 5.26. The fraction of sp³-hybridized carbons (Fsp3) is 0.765. The van der Waals surface area contributed by atoms with Gasteiger partial charge >= 0.3 is 0 Å². The molecule has 2 heterocycles. The van der Waals surface area contributed by atoms with E-state index in [2.05, 4.69) is 34.4 Å². The molecule has 1 aliphatic heterocycles. The predicted molar refractivity (Wildman–Crippen MR) is 95.4 cm³/mol. The summed E-state index contributed by atoms with van der Waals surface area (Å²) in [6, 6.07) is 0. The van der Waals surface area contributed by atoms with Gasteiger partial charge in [0.05, 0.1) is 10.7 Å². The Labute approximate surface area is 143 Å². The van der Waals surface area contributed by atoms with Crippen LogP contribution in [0.4, 0.5) is 0 Å². The maximum absolute atomic E-state index is 12.3. The Morgan fingerprint density at radius 1 is 1.43 bits per heavy atom. The second-order valence-corrected chi connectivity index (χ2v) is 7.76. The lowest BCUT2D eigenvalue weighted by atomic mass is 9.92. The minimum absolute atomic E-state index is 0.126. The number of piperidine rings is 1. The highest BCUT2D eigenvalue weighted by molar-refractivity contribution is 7.09. The first-order valence-corrected chi connectivity index (χ1v) is 9.53. The van der Waals surface area contributed by atoms with Crippen molar-refractivity contribution in [1.29, 1.82) is 0 Å². The Morgan fingerprint density at radius 2 is 2.09 bits per heavy atom. The van der Waals surface area contributed by atoms with Crippen molar-refractivity contribution in [3.8, 4) is 0 Å². The van der Waals surface area contributed by atoms with Crippen LogP contribution < -0.4 is 11.1 Å². The van der Waals surface area contributed by atoms with Gasteiger partial charge in [0.25, 0.3) is 0 Å². The molecule has 3 N–H and O–H groups in total. The smallest absolute Gasteiger partial charge is 0.223 e. The van der Waals surface area contributed by atoms with Crippen LogP contribution in [0.3, 0.4) is 0 Å². The van der Waals surface area contributed by atoms with Crippen molar-refractivity contribution in [2.45, 2.75) is 58.5 Å². The second kappa shape index (κ2) is 8.22. The lowest BCUT2D eigenvalue weighted by Gasteiger charge is -2.32. The summed E-state index contributed by atoms with van der Waals surface area (Å²) < 4.78 is 0. The van der Waals surface area contributed by atoms with Crippen LogP contribution in [0.5, 0.6) is 0 Å². The van der Waals surface area contributed by atoms with Crippen LogP contribution >= 0.6 is 11.3 Å². The number of nitrogens with zero attached hydrogens (tertiary/aromatic N) is 2. The molecule has 0 saturated carbocycles. The summed E-state index contributed by atoms with van der Waals surface area (Å²) in [5.74, 6) is 0.298. The number of carbonyl (C=O) groups is 1. The van der Waals surface area contributed by atoms with Crippen molar-refractivity contribution in [1.82, 2.24) is 15.2 Å². The Bertz CT molecular complexity index is 504. The van der Waals surface area contributed by atoms with Crippen LogP contribution in [0.25, 0.3) is 0 Å². The molecule has 0 unspecified atom stereocenters. The normalized spacial score (nSPS) is 17.4. The Balaban J connectivity index is 1.74. The fourth-order valence-corrected chi connectivity index (χ4v) is 3.57. The number of likely N-dealkylation sites (tertiary alicyclic amines) is 1. The van der Waals surface area contributed by atoms with Crippen LogP contribution in [0.15, 0.2) is 5.38 Å². The molecule has 1 fully saturated rings. The number of thiazole rings is 1. The summed E-state index contributed by atoms with van der Waals surface area (Å²) in [5.41, 5.74) is 7.14. The number of aromatic nitrogens is 1. The van der Waals surface area contributed by atoms with E-state index in [9.17, 15) is 4.79 Å². The van der Waals surface area contributed by atoms with Crippen LogP contribution in [-0.4, -0.2) is 41.0 Å². The minimum Gasteiger partial charge on any atom is -0.354 e. The van der Waals surface area contributed by atoms with Crippen LogP contribution in [0, 0.1) is 12.8 Å². The third-order valence-electron chi connectivity index (χ3n) is 5.03. The van der Waals surface area contributed by atoms with E-state index < -0.39 is 0 Å². The third-order valence-corrected chi connectivity index (χ3v) is 5.86. The highest BCUT2D eigenvalue weighted by Gasteiger charge is 2.27. The molecule has 1 aliphatic rings. The number of hydrogen-bond donors (Lipinski definition) is 2. The summed E-state index contributed by atoms with van der Waals surface area (Å²) in [6.45, 7) is 9.60. The maximum atomic E-state index is 12.3. The van der Waals surface area contributed by atoms with E-state index in [1.807, 2.05) is 6.92 Å². The zero-order valence-corrected chi connectivity index (χ0v) is 15.4. The number of nitrogens with one attached hydrogen (secondary N) is 1. The van der Waals surface area contributed by atoms with Gasteiger partial charge in [0, 0.05) is 29.9 Å². The SMILES string of the molecule is CCC(N)(CC)CNC(=O)C1CCN(Cc2csc(C)n2)CC1. The number of nitrogens with two attached hydrogens (primary N) is 1. The molecule has 1 aromatic rings. The van der Waals surface area contributed by atoms with E-state index in [0.29, 0.717) is 6.54 Å². The first-order chi connectivity index (χ1) is 11.0. The largest absolute Gasteiger partial charge is 0.354 e. The van der Waals surface area contributed by atoms with Crippen LogP contribution in [0.1, 0.15) is 50.2 Å². The number of carbonyl (C=O) groups excluding carboxylic acids is 1. The van der Waals surface area contributed by atoms with E-state index >= 15 is 0 Å². The standard InChI is InChI=1S/C17H30N4OS/c1-4-17(18,5-2)12-19-16(22)14-6-8-21(9-7-14)10-15-11-23-13(3)20-15/h11,14H,4-10,12,18H2,1-3H3,(H,19,22). The molecule has 6 heteroatoms. The first kappa shape index (κ1) is 18.4. The first-order valence-electron chi connectivity index (χ1n) is 8.65. The summed E-state index contributed by atoms with van der Waals surface area (Å²) in [7, 11) is 0. The van der Waals surface area contributed by atoms with E-state index in [1.54, 1.807) is 11.3 Å². The molecule has 1 amide bonds. The van der Waals surface area contributed by atoms with Gasteiger partial charge in [-0.15, -0.1) is 11.3 Å². The van der Waals surface area contributed by atoms with E-state index in [-0.39, 0.29) is 17.4 Å². The molecule has 0 aliphatic carbocycles. The molecule has 0 spiro atoms. The number of aryl methyl sites for hydroxylation is 1. The molecule has 1 aromatic heterocycles. The predicted octanol–water partition coefficient (Wildman–Crippen LogP) is 2.30. The lowest BCUT2D eigenvalue weighted by molar-refractivity contribution is -0.126. The quantitative estimate of drug-likeness (QED) is 0.800. The highest BCUT2D eigenvalue weighted by atomic mass is 32.1.